The van der Waals surface area contributed by atoms with Gasteiger partial charge in [-0.1, -0.05) is 6.07 Å². The van der Waals surface area contributed by atoms with Crippen molar-refractivity contribution in [1.82, 2.24) is 0 Å². The Morgan fingerprint density at radius 3 is 2.79 bits per heavy atom. The Bertz CT molecular complexity index is 368. The van der Waals surface area contributed by atoms with Gasteiger partial charge in [0.1, 0.15) is 5.82 Å². The Kier molecular flexibility index (Phi) is 3.76. The van der Waals surface area contributed by atoms with E-state index in [1.165, 1.54) is 18.2 Å². The average molecular weight is 215 g/mol. The second kappa shape index (κ2) is 4.85. The van der Waals surface area contributed by atoms with Crippen molar-refractivity contribution in [1.29, 1.82) is 0 Å². The number of benzene rings is 1. The van der Waals surface area contributed by atoms with Crippen LogP contribution in [0.15, 0.2) is 29.2 Å². The zero-order valence-electron chi connectivity index (χ0n) is 7.40. The second-order valence-electron chi connectivity index (χ2n) is 2.72. The van der Waals surface area contributed by atoms with E-state index in [0.29, 0.717) is 4.90 Å². The molecule has 1 aromatic rings. The van der Waals surface area contributed by atoms with Crippen molar-refractivity contribution in [3.05, 3.63) is 30.1 Å². The highest BCUT2D eigenvalue weighted by molar-refractivity contribution is 7.85. The summed E-state index contributed by atoms with van der Waals surface area (Å²) in [5.41, 5.74) is 4.90. The maximum atomic E-state index is 12.7. The summed E-state index contributed by atoms with van der Waals surface area (Å²) in [5, 5.41) is 0. The van der Waals surface area contributed by atoms with Gasteiger partial charge in [0.25, 0.3) is 0 Å². The molecule has 0 aliphatic rings. The normalized spacial score (nSPS) is 12.4. The largest absolute Gasteiger partial charge is 0.370 e. The molecule has 0 radical (unpaired) electrons. The van der Waals surface area contributed by atoms with Gasteiger partial charge in [-0.15, -0.1) is 0 Å². The van der Waals surface area contributed by atoms with Gasteiger partial charge < -0.3 is 5.73 Å². The van der Waals surface area contributed by atoms with E-state index in [4.69, 9.17) is 5.73 Å². The van der Waals surface area contributed by atoms with Crippen LogP contribution in [-0.2, 0) is 15.6 Å². The lowest BCUT2D eigenvalue weighted by atomic mass is 10.4. The third kappa shape index (κ3) is 3.26. The van der Waals surface area contributed by atoms with Crippen molar-refractivity contribution in [2.75, 3.05) is 5.75 Å². The monoisotopic (exact) mass is 215 g/mol. The Morgan fingerprint density at radius 1 is 1.50 bits per heavy atom. The predicted molar refractivity (Wildman–Crippen MR) is 51.5 cm³/mol. The van der Waals surface area contributed by atoms with Crippen LogP contribution in [0.3, 0.4) is 0 Å². The summed E-state index contributed by atoms with van der Waals surface area (Å²) in [6, 6.07) is 5.50. The molecule has 76 valence electrons. The predicted octanol–water partition coefficient (Wildman–Crippen LogP) is 0.809. The first kappa shape index (κ1) is 10.8. The molecule has 1 rings (SSSR count). The highest BCUT2D eigenvalue weighted by atomic mass is 32.2. The third-order valence-corrected chi connectivity index (χ3v) is 2.95. The maximum absolute atomic E-state index is 12.7. The summed E-state index contributed by atoms with van der Waals surface area (Å²) >= 11 is 0. The van der Waals surface area contributed by atoms with Gasteiger partial charge >= 0.3 is 0 Å². The number of primary amides is 1. The van der Waals surface area contributed by atoms with Crippen LogP contribution in [-0.4, -0.2) is 15.9 Å². The van der Waals surface area contributed by atoms with E-state index in [9.17, 15) is 13.4 Å². The molecule has 0 saturated carbocycles. The van der Waals surface area contributed by atoms with Gasteiger partial charge in [-0.2, -0.15) is 0 Å². The minimum absolute atomic E-state index is 0.0448. The van der Waals surface area contributed by atoms with Crippen LogP contribution in [0.5, 0.6) is 0 Å². The van der Waals surface area contributed by atoms with Crippen LogP contribution in [0.4, 0.5) is 4.39 Å². The molecule has 1 amide bonds. The first-order chi connectivity index (χ1) is 6.59. The van der Waals surface area contributed by atoms with Crippen LogP contribution < -0.4 is 5.73 Å². The lowest BCUT2D eigenvalue weighted by Gasteiger charge is -2.00. The fourth-order valence-electron chi connectivity index (χ4n) is 0.920. The number of hydrogen-bond donors (Lipinski definition) is 1. The molecule has 0 fully saturated rings. The van der Waals surface area contributed by atoms with Crippen molar-refractivity contribution in [3.63, 3.8) is 0 Å². The van der Waals surface area contributed by atoms with Crippen LogP contribution in [0.25, 0.3) is 0 Å². The SMILES string of the molecule is NC(=O)CCS(=O)c1cccc(F)c1. The summed E-state index contributed by atoms with van der Waals surface area (Å²) in [5.74, 6) is -0.802. The van der Waals surface area contributed by atoms with Crippen LogP contribution in [0.2, 0.25) is 0 Å². The van der Waals surface area contributed by atoms with Gasteiger partial charge in [0.05, 0.1) is 10.8 Å². The van der Waals surface area contributed by atoms with Gasteiger partial charge in [-0.25, -0.2) is 4.39 Å². The van der Waals surface area contributed by atoms with Crippen molar-refractivity contribution in [2.24, 2.45) is 5.73 Å². The lowest BCUT2D eigenvalue weighted by molar-refractivity contribution is -0.117. The zero-order valence-corrected chi connectivity index (χ0v) is 8.22. The number of amides is 1. The molecular formula is C9H10FNO2S. The number of carbonyl (C=O) groups excluding carboxylic acids is 1. The molecule has 1 atom stereocenters. The molecule has 0 spiro atoms. The van der Waals surface area contributed by atoms with Crippen molar-refractivity contribution >= 4 is 16.7 Å². The molecule has 1 unspecified atom stereocenters. The van der Waals surface area contributed by atoms with E-state index >= 15 is 0 Å². The number of halogens is 1. The molecule has 0 heterocycles. The third-order valence-electron chi connectivity index (χ3n) is 1.59. The number of hydrogen-bond acceptors (Lipinski definition) is 2. The number of rotatable bonds is 4. The van der Waals surface area contributed by atoms with E-state index in [0.717, 1.165) is 0 Å². The first-order valence-corrected chi connectivity index (χ1v) is 5.34. The van der Waals surface area contributed by atoms with Crippen LogP contribution in [0, 0.1) is 5.82 Å². The zero-order chi connectivity index (χ0) is 10.6. The maximum Gasteiger partial charge on any atom is 0.218 e. The van der Waals surface area contributed by atoms with Crippen molar-refractivity contribution < 1.29 is 13.4 Å². The fourth-order valence-corrected chi connectivity index (χ4v) is 2.02. The molecule has 0 aromatic heterocycles. The highest BCUT2D eigenvalue weighted by Gasteiger charge is 2.06. The molecule has 1 aromatic carbocycles. The van der Waals surface area contributed by atoms with Crippen LogP contribution >= 0.6 is 0 Å². The molecular weight excluding hydrogens is 205 g/mol. The highest BCUT2D eigenvalue weighted by Crippen LogP contribution is 2.09. The summed E-state index contributed by atoms with van der Waals surface area (Å²) < 4.78 is 24.1. The molecule has 0 aliphatic heterocycles. The van der Waals surface area contributed by atoms with E-state index in [-0.39, 0.29) is 12.2 Å². The van der Waals surface area contributed by atoms with Crippen molar-refractivity contribution in [2.45, 2.75) is 11.3 Å². The smallest absolute Gasteiger partial charge is 0.218 e. The molecule has 3 nitrogen and oxygen atoms in total. The minimum atomic E-state index is -1.36. The van der Waals surface area contributed by atoms with Gasteiger partial charge in [-0.3, -0.25) is 9.00 Å². The first-order valence-electron chi connectivity index (χ1n) is 4.02. The van der Waals surface area contributed by atoms with Crippen molar-refractivity contribution in [3.8, 4) is 0 Å². The molecule has 0 bridgehead atoms. The molecule has 2 N–H and O–H groups in total. The quantitative estimate of drug-likeness (QED) is 0.807. The van der Waals surface area contributed by atoms with E-state index in [1.54, 1.807) is 6.07 Å². The summed E-state index contributed by atoms with van der Waals surface area (Å²) in [6.45, 7) is 0. The number of carbonyl (C=O) groups is 1. The Hall–Kier alpha value is -1.23. The fraction of sp³-hybridized carbons (Fsp3) is 0.222. The lowest BCUT2D eigenvalue weighted by Crippen LogP contribution is -2.14. The topological polar surface area (TPSA) is 60.2 Å². The van der Waals surface area contributed by atoms with Crippen LogP contribution in [0.1, 0.15) is 6.42 Å². The molecule has 0 saturated heterocycles. The number of nitrogens with two attached hydrogens (primary N) is 1. The molecule has 5 heteroatoms. The summed E-state index contributed by atoms with van der Waals surface area (Å²) in [6.07, 6.45) is 0.0448. The van der Waals surface area contributed by atoms with Gasteiger partial charge in [0.15, 0.2) is 0 Å². The van der Waals surface area contributed by atoms with Gasteiger partial charge in [0, 0.05) is 17.1 Å². The summed E-state index contributed by atoms with van der Waals surface area (Å²) in [4.78, 5) is 10.8. The molecule has 14 heavy (non-hydrogen) atoms. The summed E-state index contributed by atoms with van der Waals surface area (Å²) in [7, 11) is -1.36. The molecule has 0 aliphatic carbocycles. The van der Waals surface area contributed by atoms with Gasteiger partial charge in [0.2, 0.25) is 5.91 Å². The van der Waals surface area contributed by atoms with E-state index in [1.807, 2.05) is 0 Å². The average Bonchev–Trinajstić information content (AvgIpc) is 2.14. The Balaban J connectivity index is 2.65. The van der Waals surface area contributed by atoms with Gasteiger partial charge in [-0.05, 0) is 18.2 Å². The minimum Gasteiger partial charge on any atom is -0.370 e. The Morgan fingerprint density at radius 2 is 2.21 bits per heavy atom. The second-order valence-corrected chi connectivity index (χ2v) is 4.29. The Labute approximate surface area is 83.6 Å². The van der Waals surface area contributed by atoms with E-state index in [2.05, 4.69) is 0 Å². The standard InChI is InChI=1S/C9H10FNO2S/c10-7-2-1-3-8(6-7)14(13)5-4-9(11)12/h1-3,6H,4-5H2,(H2,11,12). The van der Waals surface area contributed by atoms with E-state index < -0.39 is 22.5 Å².